The molecule has 3 aromatic rings. The number of likely N-dealkylation sites (tertiary alicyclic amines) is 1. The van der Waals surface area contributed by atoms with Gasteiger partial charge in [0.25, 0.3) is 5.91 Å². The third-order valence-corrected chi connectivity index (χ3v) is 7.08. The monoisotopic (exact) mass is 450 g/mol. The number of amides is 1. The number of hydrogen-bond donors (Lipinski definition) is 1. The van der Waals surface area contributed by atoms with Crippen molar-refractivity contribution in [1.29, 1.82) is 0 Å². The molecule has 0 bridgehead atoms. The molecule has 4 rings (SSSR count). The van der Waals surface area contributed by atoms with E-state index in [1.807, 2.05) is 5.38 Å². The van der Waals surface area contributed by atoms with Gasteiger partial charge in [0, 0.05) is 25.2 Å². The molecule has 1 atom stereocenters. The minimum atomic E-state index is -0.267. The number of hydrogen-bond acceptors (Lipinski definition) is 3. The quantitative estimate of drug-likeness (QED) is 0.492. The number of thiophene rings is 1. The first kappa shape index (κ1) is 22.7. The molecule has 1 saturated heterocycles. The Bertz CT molecular complexity index is 1070. The van der Waals surface area contributed by atoms with Crippen molar-refractivity contribution in [2.75, 3.05) is 19.6 Å². The highest BCUT2D eigenvalue weighted by Gasteiger charge is 2.23. The molecule has 0 saturated carbocycles. The molecule has 1 aromatic heterocycles. The summed E-state index contributed by atoms with van der Waals surface area (Å²) in [7, 11) is 0. The Hall–Kier alpha value is -2.50. The van der Waals surface area contributed by atoms with E-state index in [9.17, 15) is 9.18 Å². The Morgan fingerprint density at radius 1 is 1.16 bits per heavy atom. The first-order chi connectivity index (χ1) is 15.3. The highest BCUT2D eigenvalue weighted by Crippen LogP contribution is 2.28. The zero-order valence-electron chi connectivity index (χ0n) is 19.0. The molecule has 1 aliphatic rings. The maximum Gasteiger partial charge on any atom is 0.261 e. The van der Waals surface area contributed by atoms with E-state index in [1.165, 1.54) is 28.5 Å². The van der Waals surface area contributed by atoms with E-state index in [0.29, 0.717) is 22.9 Å². The van der Waals surface area contributed by atoms with Crippen LogP contribution in [-0.4, -0.2) is 30.4 Å². The van der Waals surface area contributed by atoms with E-state index in [4.69, 9.17) is 0 Å². The number of halogens is 1. The smallest absolute Gasteiger partial charge is 0.261 e. The predicted octanol–water partition coefficient (Wildman–Crippen LogP) is 6.10. The van der Waals surface area contributed by atoms with Gasteiger partial charge in [-0.05, 0) is 58.5 Å². The second-order valence-corrected chi connectivity index (χ2v) is 10.6. The van der Waals surface area contributed by atoms with Gasteiger partial charge in [-0.15, -0.1) is 11.3 Å². The summed E-state index contributed by atoms with van der Waals surface area (Å²) in [4.78, 5) is 15.7. The molecule has 1 unspecified atom stereocenters. The Kier molecular flexibility index (Phi) is 6.77. The van der Waals surface area contributed by atoms with Crippen LogP contribution in [0.2, 0.25) is 0 Å². The zero-order valence-corrected chi connectivity index (χ0v) is 19.8. The van der Waals surface area contributed by atoms with Gasteiger partial charge in [-0.25, -0.2) is 4.39 Å². The van der Waals surface area contributed by atoms with Gasteiger partial charge >= 0.3 is 0 Å². The van der Waals surface area contributed by atoms with Crippen molar-refractivity contribution < 1.29 is 9.18 Å². The Labute approximate surface area is 194 Å². The molecule has 0 spiro atoms. The lowest BCUT2D eigenvalue weighted by Gasteiger charge is -2.20. The van der Waals surface area contributed by atoms with Crippen LogP contribution in [0.3, 0.4) is 0 Å². The summed E-state index contributed by atoms with van der Waals surface area (Å²) in [5.41, 5.74) is 4.15. The van der Waals surface area contributed by atoms with Crippen molar-refractivity contribution in [3.05, 3.63) is 81.8 Å². The van der Waals surface area contributed by atoms with Crippen LogP contribution in [0.1, 0.15) is 48.0 Å². The second kappa shape index (κ2) is 9.55. The van der Waals surface area contributed by atoms with Gasteiger partial charge in [-0.1, -0.05) is 63.2 Å². The molecular weight excluding hydrogens is 419 g/mol. The first-order valence-electron chi connectivity index (χ1n) is 11.2. The van der Waals surface area contributed by atoms with Crippen LogP contribution >= 0.6 is 11.3 Å². The molecule has 0 radical (unpaired) electrons. The van der Waals surface area contributed by atoms with E-state index in [1.54, 1.807) is 24.3 Å². The SMILES string of the molecule is CC(C)(C)c1ccc(CN2CCC(CNC(=O)c3cc(-c4ccccc4F)cs3)C2)cc1. The van der Waals surface area contributed by atoms with Gasteiger partial charge in [0.2, 0.25) is 0 Å². The highest BCUT2D eigenvalue weighted by molar-refractivity contribution is 7.12. The van der Waals surface area contributed by atoms with E-state index >= 15 is 0 Å². The lowest BCUT2D eigenvalue weighted by atomic mass is 9.87. The molecule has 1 N–H and O–H groups in total. The van der Waals surface area contributed by atoms with Gasteiger partial charge in [0.1, 0.15) is 5.82 Å². The van der Waals surface area contributed by atoms with Crippen LogP contribution in [0.5, 0.6) is 0 Å². The third-order valence-electron chi connectivity index (χ3n) is 6.16. The highest BCUT2D eigenvalue weighted by atomic mass is 32.1. The van der Waals surface area contributed by atoms with Crippen LogP contribution in [0.4, 0.5) is 4.39 Å². The van der Waals surface area contributed by atoms with Gasteiger partial charge in [-0.2, -0.15) is 0 Å². The molecule has 2 aromatic carbocycles. The second-order valence-electron chi connectivity index (χ2n) is 9.73. The van der Waals surface area contributed by atoms with Crippen molar-refractivity contribution in [3.63, 3.8) is 0 Å². The number of carbonyl (C=O) groups excluding carboxylic acids is 1. The van der Waals surface area contributed by atoms with Crippen molar-refractivity contribution in [2.24, 2.45) is 5.92 Å². The van der Waals surface area contributed by atoms with Crippen LogP contribution in [0, 0.1) is 11.7 Å². The fourth-order valence-corrected chi connectivity index (χ4v) is 5.03. The summed E-state index contributed by atoms with van der Waals surface area (Å²) in [6.07, 6.45) is 1.09. The minimum Gasteiger partial charge on any atom is -0.351 e. The largest absolute Gasteiger partial charge is 0.351 e. The van der Waals surface area contributed by atoms with Gasteiger partial charge < -0.3 is 5.32 Å². The molecule has 5 heteroatoms. The van der Waals surface area contributed by atoms with Crippen LogP contribution in [0.25, 0.3) is 11.1 Å². The Balaban J connectivity index is 1.26. The molecule has 3 nitrogen and oxygen atoms in total. The number of carbonyl (C=O) groups is 1. The molecular formula is C27H31FN2OS. The van der Waals surface area contributed by atoms with E-state index in [2.05, 4.69) is 55.3 Å². The molecule has 1 amide bonds. The van der Waals surface area contributed by atoms with Gasteiger partial charge in [0.05, 0.1) is 4.88 Å². The van der Waals surface area contributed by atoms with E-state index in [-0.39, 0.29) is 17.1 Å². The number of nitrogens with zero attached hydrogens (tertiary/aromatic N) is 1. The molecule has 2 heterocycles. The third kappa shape index (κ3) is 5.45. The topological polar surface area (TPSA) is 32.3 Å². The fraction of sp³-hybridized carbons (Fsp3) is 0.370. The van der Waals surface area contributed by atoms with Crippen LogP contribution in [-0.2, 0) is 12.0 Å². The summed E-state index contributed by atoms with van der Waals surface area (Å²) in [6.45, 7) is 10.4. The number of rotatable bonds is 6. The first-order valence-corrected chi connectivity index (χ1v) is 12.1. The molecule has 0 aliphatic carbocycles. The number of nitrogens with one attached hydrogen (secondary N) is 1. The Morgan fingerprint density at radius 3 is 2.62 bits per heavy atom. The summed E-state index contributed by atoms with van der Waals surface area (Å²) in [5, 5.41) is 4.92. The lowest BCUT2D eigenvalue weighted by Crippen LogP contribution is -2.30. The Morgan fingerprint density at radius 2 is 1.91 bits per heavy atom. The van der Waals surface area contributed by atoms with E-state index < -0.39 is 0 Å². The lowest BCUT2D eigenvalue weighted by molar-refractivity contribution is 0.0951. The van der Waals surface area contributed by atoms with Crippen molar-refractivity contribution >= 4 is 17.2 Å². The summed E-state index contributed by atoms with van der Waals surface area (Å²) in [5.74, 6) is 0.115. The van der Waals surface area contributed by atoms with Crippen molar-refractivity contribution in [3.8, 4) is 11.1 Å². The molecule has 1 fully saturated rings. The van der Waals surface area contributed by atoms with Crippen molar-refractivity contribution in [2.45, 2.75) is 39.2 Å². The van der Waals surface area contributed by atoms with Crippen LogP contribution in [0.15, 0.2) is 60.0 Å². The summed E-state index contributed by atoms with van der Waals surface area (Å²) >= 11 is 1.36. The minimum absolute atomic E-state index is 0.0752. The summed E-state index contributed by atoms with van der Waals surface area (Å²) in [6, 6.07) is 17.4. The average molecular weight is 451 g/mol. The molecule has 168 valence electrons. The maximum atomic E-state index is 14.0. The predicted molar refractivity (Wildman–Crippen MR) is 131 cm³/mol. The number of benzene rings is 2. The molecule has 1 aliphatic heterocycles. The normalized spacial score (nSPS) is 16.9. The average Bonchev–Trinajstić information content (AvgIpc) is 3.42. The van der Waals surface area contributed by atoms with E-state index in [0.717, 1.165) is 31.6 Å². The standard InChI is InChI=1S/C27H31FN2OS/c1-27(2,3)22-10-8-19(9-11-22)16-30-13-12-20(17-30)15-29-26(31)25-14-21(18-32-25)23-6-4-5-7-24(23)28/h4-11,14,18,20H,12-13,15-17H2,1-3H3,(H,29,31). The van der Waals surface area contributed by atoms with Gasteiger partial charge in [-0.3, -0.25) is 9.69 Å². The van der Waals surface area contributed by atoms with Crippen molar-refractivity contribution in [1.82, 2.24) is 10.2 Å². The van der Waals surface area contributed by atoms with Crippen LogP contribution < -0.4 is 5.32 Å². The van der Waals surface area contributed by atoms with Gasteiger partial charge in [0.15, 0.2) is 0 Å². The molecule has 32 heavy (non-hydrogen) atoms. The summed E-state index contributed by atoms with van der Waals surface area (Å²) < 4.78 is 14.0. The zero-order chi connectivity index (χ0) is 22.7. The maximum absolute atomic E-state index is 14.0. The fourth-order valence-electron chi connectivity index (χ4n) is 4.21.